The van der Waals surface area contributed by atoms with Crippen molar-refractivity contribution in [2.45, 2.75) is 19.3 Å². The summed E-state index contributed by atoms with van der Waals surface area (Å²) in [6.45, 7) is 4.49. The summed E-state index contributed by atoms with van der Waals surface area (Å²) in [5, 5.41) is 3.70. The average Bonchev–Trinajstić information content (AvgIpc) is 3.61. The fraction of sp³-hybridized carbons (Fsp3) is 0.0909. The third-order valence-electron chi connectivity index (χ3n) is 7.82. The third kappa shape index (κ3) is 2.80. The van der Waals surface area contributed by atoms with Gasteiger partial charge >= 0.3 is 0 Å². The van der Waals surface area contributed by atoms with Crippen LogP contribution < -0.4 is 0 Å². The summed E-state index contributed by atoms with van der Waals surface area (Å²) in [5.74, 6) is 0. The van der Waals surface area contributed by atoms with E-state index in [2.05, 4.69) is 138 Å². The lowest BCUT2D eigenvalue weighted by atomic mass is 9.70. The van der Waals surface area contributed by atoms with E-state index < -0.39 is 5.41 Å². The maximum Gasteiger partial charge on any atom is 0.115 e. The van der Waals surface area contributed by atoms with Crippen molar-refractivity contribution < 1.29 is 0 Å². The predicted octanol–water partition coefficient (Wildman–Crippen LogP) is 8.13. The summed E-state index contributed by atoms with van der Waals surface area (Å²) >= 11 is 0. The molecule has 0 amide bonds. The van der Waals surface area contributed by atoms with Gasteiger partial charge in [0.15, 0.2) is 0 Å². The number of fused-ring (bicyclic) bond motifs is 3. The lowest BCUT2D eigenvalue weighted by Crippen LogP contribution is -2.34. The van der Waals surface area contributed by atoms with E-state index in [0.29, 0.717) is 0 Å². The van der Waals surface area contributed by atoms with Crippen LogP contribution in [-0.4, -0.2) is 15.0 Å². The van der Waals surface area contributed by atoms with Crippen LogP contribution >= 0.6 is 0 Å². The summed E-state index contributed by atoms with van der Waals surface area (Å²) in [7, 11) is 0. The van der Waals surface area contributed by atoms with Crippen molar-refractivity contribution in [3.8, 4) is 0 Å². The van der Waals surface area contributed by atoms with Gasteiger partial charge in [0.1, 0.15) is 5.41 Å². The summed E-state index contributed by atoms with van der Waals surface area (Å²) < 4.78 is 0. The molecular weight excluding hydrogens is 438 g/mol. The topological polar surface area (TPSA) is 47.4 Å². The van der Waals surface area contributed by atoms with Crippen LogP contribution in [0.5, 0.6) is 0 Å². The van der Waals surface area contributed by atoms with Crippen molar-refractivity contribution in [2.75, 3.05) is 0 Å². The van der Waals surface area contributed by atoms with Gasteiger partial charge in [-0.1, -0.05) is 84.9 Å². The fourth-order valence-electron chi connectivity index (χ4n) is 6.12. The summed E-state index contributed by atoms with van der Waals surface area (Å²) in [5.41, 5.74) is 10.0. The maximum atomic E-state index is 3.88. The minimum Gasteiger partial charge on any atom is -0.357 e. The molecule has 0 fully saturated rings. The highest BCUT2D eigenvalue weighted by Gasteiger charge is 2.45. The summed E-state index contributed by atoms with van der Waals surface area (Å²) in [4.78, 5) is 11.6. The molecule has 0 aliphatic rings. The van der Waals surface area contributed by atoms with Gasteiger partial charge in [-0.05, 0) is 60.2 Å². The molecule has 174 valence electrons. The molecule has 0 radical (unpaired) electrons. The van der Waals surface area contributed by atoms with E-state index in [9.17, 15) is 0 Å². The Balaban J connectivity index is 1.71. The molecule has 36 heavy (non-hydrogen) atoms. The van der Waals surface area contributed by atoms with Crippen molar-refractivity contribution in [3.05, 3.63) is 143 Å². The van der Waals surface area contributed by atoms with Gasteiger partial charge < -0.3 is 15.0 Å². The van der Waals surface area contributed by atoms with Crippen LogP contribution in [0.3, 0.4) is 0 Å². The lowest BCUT2D eigenvalue weighted by molar-refractivity contribution is 0.674. The molecule has 0 bridgehead atoms. The van der Waals surface area contributed by atoms with Crippen molar-refractivity contribution in [1.82, 2.24) is 15.0 Å². The number of benzene rings is 4. The molecular formula is C33H27N3. The molecule has 0 saturated carbocycles. The Bertz CT molecular complexity index is 1750. The molecule has 0 aliphatic heterocycles. The average molecular weight is 466 g/mol. The summed E-state index contributed by atoms with van der Waals surface area (Å²) in [6.07, 6.45) is 0. The Hall–Kier alpha value is -4.50. The van der Waals surface area contributed by atoms with Crippen molar-refractivity contribution in [1.29, 1.82) is 0 Å². The van der Waals surface area contributed by atoms with Gasteiger partial charge in [0.25, 0.3) is 0 Å². The number of H-pyrrole nitrogens is 3. The zero-order valence-electron chi connectivity index (χ0n) is 20.4. The molecule has 3 aromatic heterocycles. The predicted molar refractivity (Wildman–Crippen MR) is 150 cm³/mol. The van der Waals surface area contributed by atoms with Crippen LogP contribution in [0.15, 0.2) is 109 Å². The van der Waals surface area contributed by atoms with Gasteiger partial charge in [-0.2, -0.15) is 0 Å². The number of nitrogens with one attached hydrogen (secondary N) is 3. The van der Waals surface area contributed by atoms with Crippen molar-refractivity contribution in [2.24, 2.45) is 0 Å². The third-order valence-corrected chi connectivity index (χ3v) is 7.82. The standard InChI is InChI=1S/C33H27N3/c1-21-25-15-7-10-18-28(25)35-31(21)33(24-13-4-3-5-14-24,30-20-23-12-6-9-17-27(23)34-30)32-22(2)26-16-8-11-19-29(26)36-32/h3-20,34-36H,1-2H3. The fourth-order valence-corrected chi connectivity index (χ4v) is 6.12. The number of para-hydroxylation sites is 3. The van der Waals surface area contributed by atoms with Crippen molar-refractivity contribution in [3.63, 3.8) is 0 Å². The first-order valence-corrected chi connectivity index (χ1v) is 12.5. The molecule has 3 N–H and O–H groups in total. The van der Waals surface area contributed by atoms with Crippen LogP contribution in [0.25, 0.3) is 32.7 Å². The van der Waals surface area contributed by atoms with E-state index in [1.165, 1.54) is 44.2 Å². The first kappa shape index (κ1) is 20.8. The van der Waals surface area contributed by atoms with Crippen LogP contribution in [-0.2, 0) is 5.41 Å². The number of rotatable bonds is 4. The van der Waals surface area contributed by atoms with Gasteiger partial charge in [0.2, 0.25) is 0 Å². The van der Waals surface area contributed by atoms with Crippen LogP contribution in [0.2, 0.25) is 0 Å². The van der Waals surface area contributed by atoms with E-state index >= 15 is 0 Å². The SMILES string of the molecule is Cc1c(C(c2ccccc2)(c2cc3ccccc3[nH]2)c2[nH]c3ccccc3c2C)[nH]c2ccccc12. The summed E-state index contributed by atoms with van der Waals surface area (Å²) in [6, 6.07) is 38.9. The second-order valence-corrected chi connectivity index (χ2v) is 9.73. The second-order valence-electron chi connectivity index (χ2n) is 9.73. The maximum absolute atomic E-state index is 3.88. The smallest absolute Gasteiger partial charge is 0.115 e. The minimum absolute atomic E-state index is 0.605. The molecule has 3 heterocycles. The molecule has 0 aliphatic carbocycles. The Morgan fingerprint density at radius 3 is 1.56 bits per heavy atom. The van der Waals surface area contributed by atoms with Gasteiger partial charge in [0, 0.05) is 44.4 Å². The molecule has 0 unspecified atom stereocenters. The zero-order chi connectivity index (χ0) is 24.3. The molecule has 3 heteroatoms. The Morgan fingerprint density at radius 2 is 1.00 bits per heavy atom. The first-order chi connectivity index (χ1) is 17.7. The van der Waals surface area contributed by atoms with E-state index in [1.807, 2.05) is 0 Å². The van der Waals surface area contributed by atoms with Crippen LogP contribution in [0.4, 0.5) is 0 Å². The van der Waals surface area contributed by atoms with E-state index in [0.717, 1.165) is 22.2 Å². The zero-order valence-corrected chi connectivity index (χ0v) is 20.4. The Morgan fingerprint density at radius 1 is 0.500 bits per heavy atom. The first-order valence-electron chi connectivity index (χ1n) is 12.5. The van der Waals surface area contributed by atoms with Gasteiger partial charge in [-0.25, -0.2) is 0 Å². The van der Waals surface area contributed by atoms with Gasteiger partial charge in [-0.3, -0.25) is 0 Å². The van der Waals surface area contributed by atoms with Crippen molar-refractivity contribution >= 4 is 32.7 Å². The van der Waals surface area contributed by atoms with E-state index in [1.54, 1.807) is 0 Å². The Kier molecular flexibility index (Phi) is 4.49. The molecule has 3 nitrogen and oxygen atoms in total. The molecule has 0 atom stereocenters. The molecule has 7 aromatic rings. The number of aryl methyl sites for hydroxylation is 2. The quantitative estimate of drug-likeness (QED) is 0.235. The lowest BCUT2D eigenvalue weighted by Gasteiger charge is -2.34. The Labute approximate surface area is 209 Å². The van der Waals surface area contributed by atoms with Crippen LogP contribution in [0.1, 0.15) is 33.8 Å². The highest BCUT2D eigenvalue weighted by atomic mass is 14.9. The van der Waals surface area contributed by atoms with Crippen LogP contribution in [0, 0.1) is 13.8 Å². The van der Waals surface area contributed by atoms with E-state index in [-0.39, 0.29) is 0 Å². The highest BCUT2D eigenvalue weighted by molar-refractivity contribution is 5.90. The normalized spacial score (nSPS) is 12.2. The highest BCUT2D eigenvalue weighted by Crippen LogP contribution is 2.49. The number of hydrogen-bond acceptors (Lipinski definition) is 0. The monoisotopic (exact) mass is 465 g/mol. The molecule has 0 saturated heterocycles. The second kappa shape index (κ2) is 7.76. The number of aromatic amines is 3. The minimum atomic E-state index is -0.605. The molecule has 4 aromatic carbocycles. The largest absolute Gasteiger partial charge is 0.357 e. The number of aromatic nitrogens is 3. The van der Waals surface area contributed by atoms with Gasteiger partial charge in [0.05, 0.1) is 0 Å². The molecule has 0 spiro atoms. The van der Waals surface area contributed by atoms with Gasteiger partial charge in [-0.15, -0.1) is 0 Å². The molecule has 7 rings (SSSR count). The number of hydrogen-bond donors (Lipinski definition) is 3. The van der Waals surface area contributed by atoms with E-state index in [4.69, 9.17) is 0 Å².